The van der Waals surface area contributed by atoms with Crippen molar-refractivity contribution >= 4 is 59.1 Å². The van der Waals surface area contributed by atoms with Gasteiger partial charge in [0.1, 0.15) is 36.3 Å². The number of Topliss-reactive ketones (excluding diaryl/α,β-unsaturated/α-hetero) is 2. The van der Waals surface area contributed by atoms with Crippen LogP contribution >= 0.6 is 0 Å². The van der Waals surface area contributed by atoms with Gasteiger partial charge in [-0.25, -0.2) is 14.4 Å². The molecule has 3 aliphatic rings. The number of methoxy groups -OCH3 is 2. The van der Waals surface area contributed by atoms with Crippen molar-refractivity contribution in [1.29, 1.82) is 0 Å². The molecule has 0 radical (unpaired) electrons. The van der Waals surface area contributed by atoms with Crippen LogP contribution in [-0.2, 0) is 83.0 Å². The summed E-state index contributed by atoms with van der Waals surface area (Å²) in [6, 6.07) is 33.1. The third kappa shape index (κ3) is 20.8. The summed E-state index contributed by atoms with van der Waals surface area (Å²) in [6.45, 7) is 3.04. The van der Waals surface area contributed by atoms with Gasteiger partial charge in [0.25, 0.3) is 11.8 Å². The van der Waals surface area contributed by atoms with E-state index in [0.717, 1.165) is 22.8 Å². The molecule has 23 nitrogen and oxygen atoms in total. The van der Waals surface area contributed by atoms with Gasteiger partial charge in [0.2, 0.25) is 23.5 Å². The molecule has 2 fully saturated rings. The summed E-state index contributed by atoms with van der Waals surface area (Å²) in [7, 11) is 6.02. The van der Waals surface area contributed by atoms with Crippen molar-refractivity contribution in [1.82, 2.24) is 30.2 Å². The fourth-order valence-electron chi connectivity index (χ4n) is 11.6. The molecular formula is C73H86N6O17. The average molecular weight is 1320 g/mol. The van der Waals surface area contributed by atoms with Crippen molar-refractivity contribution in [2.45, 2.75) is 102 Å². The first-order valence-corrected chi connectivity index (χ1v) is 32.3. The standard InChI is InChI=1S/C73H86N6O17/c1-73(2)48-94-66(83)25-14-15-34-76(3)69(86)58(42-50-20-11-8-12-21-50)75-64(81)46-77(4)68(85)54(40-49-18-9-7-10-19-49)45-60(80)57(41-51-26-30-55(31-27-51)95-72(89)78-36-38-92-39-37-78)74-65(82)47-93-56-23-17-22-53(44-56)61(32-28-52-29-33-62(90-5)63(43-52)91-6)96-71(88)59-24-13-16-35-79(59)70(87)67(73)84/h7-12,14,17-23,25-27,29-31,33,43-44,54,57-59,61H,13,15-16,24,28,32,34-42,45-48H2,1-6H3,(H,74,82)(H,75,81)/t54-,57-,58+,59-,61+/m0/s1. The second-order valence-corrected chi connectivity index (χ2v) is 24.8. The Balaban J connectivity index is 1.10. The van der Waals surface area contributed by atoms with Gasteiger partial charge in [0, 0.05) is 65.1 Å². The Bertz CT molecular complexity index is 3560. The molecule has 0 spiro atoms. The van der Waals surface area contributed by atoms with Crippen molar-refractivity contribution in [2.24, 2.45) is 11.3 Å². The third-order valence-electron chi connectivity index (χ3n) is 17.0. The number of aryl methyl sites for hydroxylation is 1. The summed E-state index contributed by atoms with van der Waals surface area (Å²) in [6.07, 6.45) is 2.83. The Hall–Kier alpha value is -9.90. The number of likely N-dealkylation sites (N-methyl/N-ethyl adjacent to an activating group) is 2. The maximum Gasteiger partial charge on any atom is 0.415 e. The van der Waals surface area contributed by atoms with Gasteiger partial charge in [-0.05, 0) is 129 Å². The van der Waals surface area contributed by atoms with Gasteiger partial charge in [-0.2, -0.15) is 0 Å². The molecule has 2 N–H and O–H groups in total. The second kappa shape index (κ2) is 35.0. The van der Waals surface area contributed by atoms with E-state index in [1.54, 1.807) is 92.0 Å². The van der Waals surface area contributed by atoms with E-state index in [4.69, 9.17) is 33.2 Å². The van der Waals surface area contributed by atoms with Crippen LogP contribution in [-0.4, -0.2) is 184 Å². The first-order chi connectivity index (χ1) is 46.2. The molecule has 23 heteroatoms. The summed E-state index contributed by atoms with van der Waals surface area (Å²) >= 11 is 0. The number of hydrogen-bond donors (Lipinski definition) is 2. The van der Waals surface area contributed by atoms with Gasteiger partial charge < -0.3 is 63.4 Å². The van der Waals surface area contributed by atoms with Crippen LogP contribution < -0.4 is 29.6 Å². The SMILES string of the molecule is COc1ccc(CC[C@H]2OC(=O)[C@@H]3CCCCN3C(=O)C(=O)C(C)(C)COC(=O)C=CCCN(C)C(=O)[C@@H](Cc3ccccc3)NC(=O)CN(C)C(=O)[C@@H](Cc3ccccc3)CC(=O)[C@H](Cc3ccc(OC(=O)N4CCOCC4)cc3)NC(=O)COc3cccc2c3)cc1OC. The number of carbonyl (C=O) groups excluding carboxylic acids is 10. The van der Waals surface area contributed by atoms with E-state index in [1.165, 1.54) is 60.8 Å². The summed E-state index contributed by atoms with van der Waals surface area (Å²) in [5.74, 6) is -5.90. The van der Waals surface area contributed by atoms with Crippen molar-refractivity contribution in [3.8, 4) is 23.0 Å². The lowest BCUT2D eigenvalue weighted by Gasteiger charge is -2.36. The Morgan fingerprint density at radius 2 is 1.30 bits per heavy atom. The van der Waals surface area contributed by atoms with Crippen LogP contribution in [0.2, 0.25) is 0 Å². The van der Waals surface area contributed by atoms with Crippen LogP contribution in [0.15, 0.2) is 140 Å². The zero-order valence-electron chi connectivity index (χ0n) is 55.3. The molecule has 0 unspecified atom stereocenters. The predicted molar refractivity (Wildman–Crippen MR) is 353 cm³/mol. The van der Waals surface area contributed by atoms with E-state index in [2.05, 4.69) is 10.6 Å². The number of ether oxygens (including phenoxy) is 7. The number of benzene rings is 5. The van der Waals surface area contributed by atoms with Crippen molar-refractivity contribution in [3.63, 3.8) is 0 Å². The Morgan fingerprint density at radius 3 is 2.00 bits per heavy atom. The molecule has 3 heterocycles. The van der Waals surface area contributed by atoms with Crippen LogP contribution in [0.3, 0.4) is 0 Å². The highest BCUT2D eigenvalue weighted by molar-refractivity contribution is 6.38. The lowest BCUT2D eigenvalue weighted by atomic mass is 9.87. The van der Waals surface area contributed by atoms with Gasteiger partial charge in [-0.15, -0.1) is 0 Å². The molecule has 2 saturated heterocycles. The molecule has 6 amide bonds. The largest absolute Gasteiger partial charge is 0.493 e. The molecule has 96 heavy (non-hydrogen) atoms. The number of carbonyl (C=O) groups is 10. The third-order valence-corrected chi connectivity index (χ3v) is 17.0. The van der Waals surface area contributed by atoms with E-state index in [0.29, 0.717) is 68.2 Å². The number of morpholine rings is 1. The monoisotopic (exact) mass is 1320 g/mol. The fourth-order valence-corrected chi connectivity index (χ4v) is 11.6. The smallest absolute Gasteiger partial charge is 0.415 e. The molecule has 5 aromatic carbocycles. The van der Waals surface area contributed by atoms with E-state index in [9.17, 15) is 43.2 Å². The van der Waals surface area contributed by atoms with E-state index < -0.39 is 114 Å². The molecule has 5 atom stereocenters. The molecule has 5 aromatic rings. The molecule has 8 rings (SSSR count). The number of amides is 6. The van der Waals surface area contributed by atoms with Crippen LogP contribution in [0, 0.1) is 11.3 Å². The first kappa shape index (κ1) is 71.9. The van der Waals surface area contributed by atoms with E-state index in [-0.39, 0.29) is 69.5 Å². The zero-order chi connectivity index (χ0) is 68.7. The van der Waals surface area contributed by atoms with Gasteiger partial charge in [0.05, 0.1) is 45.4 Å². The molecule has 0 saturated carbocycles. The Kier molecular flexibility index (Phi) is 26.2. The highest BCUT2D eigenvalue weighted by Gasteiger charge is 2.43. The highest BCUT2D eigenvalue weighted by Crippen LogP contribution is 2.33. The molecule has 0 aromatic heterocycles. The van der Waals surface area contributed by atoms with Gasteiger partial charge in [-0.1, -0.05) is 97.1 Å². The topological polar surface area (TPSA) is 272 Å². The van der Waals surface area contributed by atoms with Crippen molar-refractivity contribution < 1.29 is 81.1 Å². The number of ketones is 2. The number of nitrogens with zero attached hydrogens (tertiary/aromatic N) is 4. The Labute approximate surface area is 559 Å². The summed E-state index contributed by atoms with van der Waals surface area (Å²) < 4.78 is 40.1. The van der Waals surface area contributed by atoms with Crippen molar-refractivity contribution in [3.05, 3.63) is 167 Å². The number of hydrogen-bond acceptors (Lipinski definition) is 17. The fraction of sp³-hybridized carbons (Fsp3) is 0.425. The lowest BCUT2D eigenvalue weighted by molar-refractivity contribution is -0.165. The highest BCUT2D eigenvalue weighted by atomic mass is 16.6. The predicted octanol–water partition coefficient (Wildman–Crippen LogP) is 6.80. The quantitative estimate of drug-likeness (QED) is 0.0960. The number of rotatable bonds is 12. The Morgan fingerprint density at radius 1 is 0.646 bits per heavy atom. The number of nitrogens with one attached hydrogen (secondary N) is 2. The minimum atomic E-state index is -1.52. The van der Waals surface area contributed by atoms with Gasteiger partial charge in [-0.3, -0.25) is 33.6 Å². The summed E-state index contributed by atoms with van der Waals surface area (Å²) in [5.41, 5.74) is 1.80. The normalized spacial score (nSPS) is 21.3. The zero-order valence-corrected chi connectivity index (χ0v) is 55.3. The first-order valence-electron chi connectivity index (χ1n) is 32.3. The van der Waals surface area contributed by atoms with Gasteiger partial charge >= 0.3 is 18.0 Å². The van der Waals surface area contributed by atoms with Crippen LogP contribution in [0.4, 0.5) is 4.79 Å². The van der Waals surface area contributed by atoms with Crippen LogP contribution in [0.25, 0.3) is 0 Å². The van der Waals surface area contributed by atoms with Crippen molar-refractivity contribution in [2.75, 3.05) is 87.5 Å². The summed E-state index contributed by atoms with van der Waals surface area (Å²) in [4.78, 5) is 147. The summed E-state index contributed by atoms with van der Waals surface area (Å²) in [5, 5.41) is 5.69. The number of fused-ring (bicyclic) bond motifs is 3. The van der Waals surface area contributed by atoms with Gasteiger partial charge in [0.15, 0.2) is 23.9 Å². The molecular weight excluding hydrogens is 1230 g/mol. The van der Waals surface area contributed by atoms with Crippen LogP contribution in [0.5, 0.6) is 23.0 Å². The number of esters is 2. The average Bonchev–Trinajstić information content (AvgIpc) is 0.821. The maximum atomic E-state index is 15.0. The van der Waals surface area contributed by atoms with E-state index in [1.807, 2.05) is 42.5 Å². The molecule has 510 valence electrons. The molecule has 0 aliphatic carbocycles. The number of piperidine rings is 1. The minimum absolute atomic E-state index is 0.0700. The lowest BCUT2D eigenvalue weighted by Crippen LogP contribution is -2.53. The van der Waals surface area contributed by atoms with E-state index >= 15 is 4.79 Å². The maximum absolute atomic E-state index is 15.0. The minimum Gasteiger partial charge on any atom is -0.493 e. The second-order valence-electron chi connectivity index (χ2n) is 24.8. The molecule has 2 bridgehead atoms. The number of cyclic esters (lactones) is 2. The molecule has 3 aliphatic heterocycles. The van der Waals surface area contributed by atoms with Crippen LogP contribution in [0.1, 0.15) is 86.3 Å².